The SMILES string of the molecule is OCc1nc2ccc(OCc3ccccc3)cc2n1C1CC1. The zero-order valence-corrected chi connectivity index (χ0v) is 12.3. The molecule has 4 rings (SSSR count). The second-order valence-corrected chi connectivity index (χ2v) is 5.71. The van der Waals surface area contributed by atoms with Crippen molar-refractivity contribution in [2.24, 2.45) is 0 Å². The lowest BCUT2D eigenvalue weighted by Crippen LogP contribution is -2.01. The Bertz CT molecular complexity index is 791. The van der Waals surface area contributed by atoms with E-state index in [2.05, 4.69) is 21.7 Å². The van der Waals surface area contributed by atoms with E-state index in [-0.39, 0.29) is 6.61 Å². The molecule has 1 N–H and O–H groups in total. The molecule has 1 saturated carbocycles. The Morgan fingerprint density at radius 2 is 1.95 bits per heavy atom. The number of ether oxygens (including phenoxy) is 1. The highest BCUT2D eigenvalue weighted by molar-refractivity contribution is 5.78. The van der Waals surface area contributed by atoms with E-state index in [0.29, 0.717) is 12.6 Å². The Kier molecular flexibility index (Phi) is 3.31. The van der Waals surface area contributed by atoms with Gasteiger partial charge >= 0.3 is 0 Å². The number of hydrogen-bond donors (Lipinski definition) is 1. The van der Waals surface area contributed by atoms with E-state index in [4.69, 9.17) is 4.74 Å². The second kappa shape index (κ2) is 5.46. The standard InChI is InChI=1S/C18H18N2O2/c21-11-18-19-16-9-8-15(10-17(16)20(18)14-6-7-14)22-12-13-4-2-1-3-5-13/h1-5,8-10,14,21H,6-7,11-12H2. The lowest BCUT2D eigenvalue weighted by molar-refractivity contribution is 0.266. The molecule has 0 atom stereocenters. The number of nitrogens with zero attached hydrogens (tertiary/aromatic N) is 2. The number of fused-ring (bicyclic) bond motifs is 1. The van der Waals surface area contributed by atoms with Crippen molar-refractivity contribution in [2.45, 2.75) is 32.1 Å². The van der Waals surface area contributed by atoms with Gasteiger partial charge in [-0.05, 0) is 30.5 Å². The predicted octanol–water partition coefficient (Wildman–Crippen LogP) is 3.44. The summed E-state index contributed by atoms with van der Waals surface area (Å²) in [6.07, 6.45) is 2.32. The third-order valence-electron chi connectivity index (χ3n) is 4.04. The summed E-state index contributed by atoms with van der Waals surface area (Å²) in [5.74, 6) is 1.58. The van der Waals surface area contributed by atoms with Gasteiger partial charge in [-0.2, -0.15) is 0 Å². The maximum atomic E-state index is 9.50. The summed E-state index contributed by atoms with van der Waals surface area (Å²) >= 11 is 0. The molecule has 2 aromatic carbocycles. The van der Waals surface area contributed by atoms with Gasteiger partial charge in [0.1, 0.15) is 24.8 Å². The average molecular weight is 294 g/mol. The van der Waals surface area contributed by atoms with Crippen LogP contribution in [0.3, 0.4) is 0 Å². The van der Waals surface area contributed by atoms with Gasteiger partial charge in [-0.1, -0.05) is 30.3 Å². The summed E-state index contributed by atoms with van der Waals surface area (Å²) in [6, 6.07) is 16.5. The van der Waals surface area contributed by atoms with Crippen molar-refractivity contribution in [2.75, 3.05) is 0 Å². The van der Waals surface area contributed by atoms with E-state index in [1.807, 2.05) is 36.4 Å². The first kappa shape index (κ1) is 13.3. The van der Waals surface area contributed by atoms with E-state index in [0.717, 1.165) is 41.0 Å². The molecule has 0 bridgehead atoms. The average Bonchev–Trinajstić information content (AvgIpc) is 3.34. The molecule has 1 aromatic heterocycles. The van der Waals surface area contributed by atoms with Crippen LogP contribution in [0.1, 0.15) is 30.3 Å². The molecule has 0 saturated heterocycles. The van der Waals surface area contributed by atoms with Gasteiger partial charge < -0.3 is 14.4 Å². The fourth-order valence-electron chi connectivity index (χ4n) is 2.81. The Hall–Kier alpha value is -2.33. The van der Waals surface area contributed by atoms with E-state index >= 15 is 0 Å². The molecular weight excluding hydrogens is 276 g/mol. The number of aliphatic hydroxyl groups excluding tert-OH is 1. The summed E-state index contributed by atoms with van der Waals surface area (Å²) in [5.41, 5.74) is 3.12. The lowest BCUT2D eigenvalue weighted by atomic mass is 10.2. The first-order valence-corrected chi connectivity index (χ1v) is 7.63. The van der Waals surface area contributed by atoms with Gasteiger partial charge in [-0.15, -0.1) is 0 Å². The number of benzene rings is 2. The minimum atomic E-state index is -0.0224. The van der Waals surface area contributed by atoms with Crippen molar-refractivity contribution in [1.82, 2.24) is 9.55 Å². The third kappa shape index (κ3) is 2.46. The molecule has 0 radical (unpaired) electrons. The normalized spacial score (nSPS) is 14.4. The first-order chi connectivity index (χ1) is 10.8. The maximum Gasteiger partial charge on any atom is 0.135 e. The van der Waals surface area contributed by atoms with Gasteiger partial charge in [0, 0.05) is 12.1 Å². The van der Waals surface area contributed by atoms with Gasteiger partial charge in [0.2, 0.25) is 0 Å². The molecule has 3 aromatic rings. The highest BCUT2D eigenvalue weighted by Gasteiger charge is 2.28. The zero-order valence-electron chi connectivity index (χ0n) is 12.3. The molecule has 4 nitrogen and oxygen atoms in total. The fraction of sp³-hybridized carbons (Fsp3) is 0.278. The number of aliphatic hydroxyl groups is 1. The molecule has 112 valence electrons. The van der Waals surface area contributed by atoms with Crippen LogP contribution in [-0.2, 0) is 13.2 Å². The van der Waals surface area contributed by atoms with Gasteiger partial charge in [-0.25, -0.2) is 4.98 Å². The molecule has 0 spiro atoms. The van der Waals surface area contributed by atoms with Gasteiger partial charge in [0.05, 0.1) is 11.0 Å². The van der Waals surface area contributed by atoms with Crippen LogP contribution >= 0.6 is 0 Å². The van der Waals surface area contributed by atoms with Crippen LogP contribution < -0.4 is 4.74 Å². The minimum Gasteiger partial charge on any atom is -0.489 e. The van der Waals surface area contributed by atoms with Crippen molar-refractivity contribution < 1.29 is 9.84 Å². The summed E-state index contributed by atoms with van der Waals surface area (Å²) in [6.45, 7) is 0.530. The molecule has 22 heavy (non-hydrogen) atoms. The quantitative estimate of drug-likeness (QED) is 0.784. The van der Waals surface area contributed by atoms with Crippen LogP contribution in [0.4, 0.5) is 0 Å². The number of hydrogen-bond acceptors (Lipinski definition) is 3. The molecule has 0 amide bonds. The number of imidazole rings is 1. The molecular formula is C18H18N2O2. The van der Waals surface area contributed by atoms with Crippen LogP contribution in [0.2, 0.25) is 0 Å². The molecule has 1 aliphatic rings. The summed E-state index contributed by atoms with van der Waals surface area (Å²) in [4.78, 5) is 4.51. The van der Waals surface area contributed by atoms with Gasteiger partial charge in [-0.3, -0.25) is 0 Å². The Morgan fingerprint density at radius 1 is 1.14 bits per heavy atom. The number of aromatic nitrogens is 2. The molecule has 1 heterocycles. The first-order valence-electron chi connectivity index (χ1n) is 7.63. The molecule has 1 fully saturated rings. The van der Waals surface area contributed by atoms with Crippen LogP contribution in [0, 0.1) is 0 Å². The van der Waals surface area contributed by atoms with Crippen molar-refractivity contribution in [3.63, 3.8) is 0 Å². The molecule has 0 unspecified atom stereocenters. The van der Waals surface area contributed by atoms with Crippen LogP contribution in [0.5, 0.6) is 5.75 Å². The maximum absolute atomic E-state index is 9.50. The number of rotatable bonds is 5. The smallest absolute Gasteiger partial charge is 0.135 e. The van der Waals surface area contributed by atoms with Crippen molar-refractivity contribution >= 4 is 11.0 Å². The third-order valence-corrected chi connectivity index (χ3v) is 4.04. The zero-order chi connectivity index (χ0) is 14.9. The monoisotopic (exact) mass is 294 g/mol. The second-order valence-electron chi connectivity index (χ2n) is 5.71. The van der Waals surface area contributed by atoms with Crippen LogP contribution in [0.25, 0.3) is 11.0 Å². The Morgan fingerprint density at radius 3 is 2.68 bits per heavy atom. The van der Waals surface area contributed by atoms with Crippen molar-refractivity contribution in [3.8, 4) is 5.75 Å². The molecule has 1 aliphatic carbocycles. The summed E-state index contributed by atoms with van der Waals surface area (Å²) in [5, 5.41) is 9.50. The van der Waals surface area contributed by atoms with E-state index in [1.165, 1.54) is 0 Å². The Balaban J connectivity index is 1.63. The molecule has 0 aliphatic heterocycles. The van der Waals surface area contributed by atoms with E-state index < -0.39 is 0 Å². The van der Waals surface area contributed by atoms with Crippen molar-refractivity contribution in [1.29, 1.82) is 0 Å². The fourth-order valence-corrected chi connectivity index (χ4v) is 2.81. The summed E-state index contributed by atoms with van der Waals surface area (Å²) in [7, 11) is 0. The largest absolute Gasteiger partial charge is 0.489 e. The predicted molar refractivity (Wildman–Crippen MR) is 84.7 cm³/mol. The van der Waals surface area contributed by atoms with Gasteiger partial charge in [0.25, 0.3) is 0 Å². The van der Waals surface area contributed by atoms with Crippen LogP contribution in [-0.4, -0.2) is 14.7 Å². The lowest BCUT2D eigenvalue weighted by Gasteiger charge is -2.08. The summed E-state index contributed by atoms with van der Waals surface area (Å²) < 4.78 is 8.05. The van der Waals surface area contributed by atoms with Gasteiger partial charge in [0.15, 0.2) is 0 Å². The highest BCUT2D eigenvalue weighted by Crippen LogP contribution is 2.39. The van der Waals surface area contributed by atoms with E-state index in [1.54, 1.807) is 0 Å². The topological polar surface area (TPSA) is 47.3 Å². The molecule has 4 heteroatoms. The Labute approximate surface area is 129 Å². The van der Waals surface area contributed by atoms with E-state index in [9.17, 15) is 5.11 Å². The van der Waals surface area contributed by atoms with Crippen LogP contribution in [0.15, 0.2) is 48.5 Å². The highest BCUT2D eigenvalue weighted by atomic mass is 16.5. The van der Waals surface area contributed by atoms with Crippen molar-refractivity contribution in [3.05, 3.63) is 59.9 Å². The minimum absolute atomic E-state index is 0.0224.